The fraction of sp³-hybridized carbons (Fsp3) is 0.143. The Kier molecular flexibility index (Phi) is 6.49. The first-order chi connectivity index (χ1) is 10.1. The van der Waals surface area contributed by atoms with E-state index < -0.39 is 24.1 Å². The van der Waals surface area contributed by atoms with Crippen molar-refractivity contribution in [2.45, 2.75) is 12.8 Å². The molecule has 0 fully saturated rings. The molecule has 8 heteroatoms. The molecular formula is C14H11MnN3O4. The Labute approximate surface area is 136 Å². The molecule has 7 nitrogen and oxygen atoms in total. The van der Waals surface area contributed by atoms with Crippen molar-refractivity contribution in [2.24, 2.45) is 5.10 Å². The van der Waals surface area contributed by atoms with Gasteiger partial charge in [-0.15, -0.1) is 0 Å². The summed E-state index contributed by atoms with van der Waals surface area (Å²) in [6.07, 6.45) is -0.731. The monoisotopic (exact) mass is 340 g/mol. The summed E-state index contributed by atoms with van der Waals surface area (Å²) in [6.45, 7) is 0. The van der Waals surface area contributed by atoms with Crippen LogP contribution in [0.25, 0.3) is 10.9 Å². The zero-order chi connectivity index (χ0) is 15.2. The summed E-state index contributed by atoms with van der Waals surface area (Å²) in [4.78, 5) is 25.4. The van der Waals surface area contributed by atoms with Crippen LogP contribution in [0.4, 0.5) is 5.82 Å². The van der Waals surface area contributed by atoms with E-state index in [2.05, 4.69) is 15.5 Å². The molecule has 1 aromatic heterocycles. The number of nitrogens with zero attached hydrogens (tertiary/aromatic N) is 2. The molecule has 0 aliphatic rings. The fourth-order valence-corrected chi connectivity index (χ4v) is 1.68. The topological polar surface area (TPSA) is 118 Å². The number of hydrazone groups is 1. The second-order valence-electron chi connectivity index (χ2n) is 4.22. The average molecular weight is 340 g/mol. The van der Waals surface area contributed by atoms with Gasteiger partial charge in [0.2, 0.25) is 0 Å². The molecule has 0 saturated heterocycles. The van der Waals surface area contributed by atoms with Gasteiger partial charge in [0, 0.05) is 11.4 Å². The molecule has 113 valence electrons. The molecule has 0 spiro atoms. The molecule has 1 aromatic carbocycles. The molecule has 0 saturated carbocycles. The van der Waals surface area contributed by atoms with Crippen molar-refractivity contribution in [3.05, 3.63) is 36.4 Å². The maximum absolute atomic E-state index is 10.8. The van der Waals surface area contributed by atoms with Gasteiger partial charge < -0.3 is 19.8 Å². The third-order valence-corrected chi connectivity index (χ3v) is 2.71. The number of fused-ring (bicyclic) bond motifs is 1. The summed E-state index contributed by atoms with van der Waals surface area (Å²) < 4.78 is 0. The van der Waals surface area contributed by atoms with E-state index >= 15 is 0 Å². The quantitative estimate of drug-likeness (QED) is 0.421. The summed E-state index contributed by atoms with van der Waals surface area (Å²) in [5, 5.41) is 25.7. The normalized spacial score (nSPS) is 10.8. The predicted octanol–water partition coefficient (Wildman–Crippen LogP) is -0.720. The van der Waals surface area contributed by atoms with Gasteiger partial charge in [0.25, 0.3) is 0 Å². The van der Waals surface area contributed by atoms with Crippen molar-refractivity contribution in [2.75, 3.05) is 5.43 Å². The number of nitrogens with one attached hydrogen (secondary N) is 1. The van der Waals surface area contributed by atoms with Gasteiger partial charge in [-0.2, -0.15) is 5.10 Å². The Morgan fingerprint density at radius 3 is 2.50 bits per heavy atom. The van der Waals surface area contributed by atoms with Crippen molar-refractivity contribution in [1.82, 2.24) is 4.98 Å². The van der Waals surface area contributed by atoms with Gasteiger partial charge >= 0.3 is 17.1 Å². The summed E-state index contributed by atoms with van der Waals surface area (Å²) in [5.74, 6) is -2.54. The Bertz CT molecular complexity index is 718. The van der Waals surface area contributed by atoms with Gasteiger partial charge in [0.05, 0.1) is 17.2 Å². The van der Waals surface area contributed by atoms with Crippen LogP contribution in [0.1, 0.15) is 12.8 Å². The Balaban J connectivity index is 0.00000242. The number of aliphatic carboxylic acids is 2. The number of para-hydroxylation sites is 1. The van der Waals surface area contributed by atoms with E-state index in [1.165, 1.54) is 0 Å². The Morgan fingerprint density at radius 1 is 1.09 bits per heavy atom. The van der Waals surface area contributed by atoms with Crippen molar-refractivity contribution in [3.8, 4) is 0 Å². The summed E-state index contributed by atoms with van der Waals surface area (Å²) in [6, 6.07) is 10.8. The second-order valence-corrected chi connectivity index (χ2v) is 4.22. The minimum atomic E-state index is -1.54. The first-order valence-corrected chi connectivity index (χ1v) is 6.16. The first-order valence-electron chi connectivity index (χ1n) is 6.16. The molecule has 0 atom stereocenters. The third kappa shape index (κ3) is 4.83. The molecule has 0 aliphatic carbocycles. The zero-order valence-electron chi connectivity index (χ0n) is 11.3. The SMILES string of the molecule is O=C([O-])CC/C(=N/Nc1ccc2ccccc2n1)C(=O)[O-].[Mn+2]. The van der Waals surface area contributed by atoms with Gasteiger partial charge in [-0.05, 0) is 31.0 Å². The van der Waals surface area contributed by atoms with Crippen molar-refractivity contribution < 1.29 is 36.9 Å². The van der Waals surface area contributed by atoms with Crippen molar-refractivity contribution >= 4 is 34.4 Å². The van der Waals surface area contributed by atoms with Gasteiger partial charge in [-0.25, -0.2) is 4.98 Å². The molecule has 2 aromatic rings. The molecule has 22 heavy (non-hydrogen) atoms. The number of aromatic nitrogens is 1. The van der Waals surface area contributed by atoms with Gasteiger partial charge in [0.15, 0.2) is 0 Å². The number of hydrogen-bond acceptors (Lipinski definition) is 7. The smallest absolute Gasteiger partial charge is 0.550 e. The maximum atomic E-state index is 10.8. The average Bonchev–Trinajstić information content (AvgIpc) is 2.46. The van der Waals surface area contributed by atoms with Gasteiger partial charge in [-0.3, -0.25) is 5.43 Å². The second kappa shape index (κ2) is 8.11. The van der Waals surface area contributed by atoms with Crippen LogP contribution in [-0.4, -0.2) is 22.6 Å². The largest absolute Gasteiger partial charge is 2.00 e. The van der Waals surface area contributed by atoms with Crippen LogP contribution in [-0.2, 0) is 26.7 Å². The number of pyridine rings is 1. The van der Waals surface area contributed by atoms with Crippen LogP contribution in [0.5, 0.6) is 0 Å². The number of carboxylic acids is 2. The van der Waals surface area contributed by atoms with Crippen LogP contribution in [0.2, 0.25) is 0 Å². The number of carboxylic acid groups (broad SMARTS) is 2. The van der Waals surface area contributed by atoms with Crippen LogP contribution in [0.3, 0.4) is 0 Å². The maximum Gasteiger partial charge on any atom is 2.00 e. The van der Waals surface area contributed by atoms with Crippen LogP contribution in [0, 0.1) is 0 Å². The van der Waals surface area contributed by atoms with Crippen LogP contribution in [0.15, 0.2) is 41.5 Å². The molecular weight excluding hydrogens is 329 g/mol. The van der Waals surface area contributed by atoms with Gasteiger partial charge in [-0.1, -0.05) is 18.2 Å². The van der Waals surface area contributed by atoms with E-state index in [0.29, 0.717) is 5.82 Å². The molecule has 0 bridgehead atoms. The standard InChI is InChI=1S/C14H13N3O4.Mn/c18-13(19)8-6-11(14(20)21)16-17-12-7-5-9-3-1-2-4-10(9)15-12;/h1-5,7H,6,8H2,(H,15,17)(H,18,19)(H,20,21);/q;+2/p-2/b16-11-;. The molecule has 1 heterocycles. The summed E-state index contributed by atoms with van der Waals surface area (Å²) in [5.41, 5.74) is 2.80. The molecule has 0 aliphatic heterocycles. The van der Waals surface area contributed by atoms with Crippen molar-refractivity contribution in [3.63, 3.8) is 0 Å². The number of anilines is 1. The van der Waals surface area contributed by atoms with E-state index in [-0.39, 0.29) is 23.5 Å². The number of rotatable bonds is 6. The predicted molar refractivity (Wildman–Crippen MR) is 72.0 cm³/mol. The Morgan fingerprint density at radius 2 is 1.82 bits per heavy atom. The molecule has 2 rings (SSSR count). The molecule has 0 unspecified atom stereocenters. The molecule has 0 amide bonds. The van der Waals surface area contributed by atoms with E-state index in [1.54, 1.807) is 18.2 Å². The number of carbonyl (C=O) groups excluding carboxylic acids is 2. The van der Waals surface area contributed by atoms with Gasteiger partial charge in [0.1, 0.15) is 5.82 Å². The number of carbonyl (C=O) groups is 2. The molecule has 1 radical (unpaired) electrons. The van der Waals surface area contributed by atoms with E-state index in [1.807, 2.05) is 18.2 Å². The third-order valence-electron chi connectivity index (χ3n) is 2.71. The number of hydrogen-bond donors (Lipinski definition) is 1. The van der Waals surface area contributed by atoms with Crippen molar-refractivity contribution in [1.29, 1.82) is 0 Å². The molecule has 1 N–H and O–H groups in total. The summed E-state index contributed by atoms with van der Waals surface area (Å²) in [7, 11) is 0. The fourth-order valence-electron chi connectivity index (χ4n) is 1.68. The van der Waals surface area contributed by atoms with Crippen LogP contribution < -0.4 is 15.6 Å². The number of benzene rings is 1. The first kappa shape index (κ1) is 17.6. The minimum Gasteiger partial charge on any atom is -0.550 e. The van der Waals surface area contributed by atoms with Crippen LogP contribution >= 0.6 is 0 Å². The van der Waals surface area contributed by atoms with E-state index in [0.717, 1.165) is 10.9 Å². The minimum absolute atomic E-state index is 0. The Hall–Kier alpha value is -2.44. The summed E-state index contributed by atoms with van der Waals surface area (Å²) >= 11 is 0. The zero-order valence-corrected chi connectivity index (χ0v) is 12.5. The van der Waals surface area contributed by atoms with E-state index in [4.69, 9.17) is 0 Å². The van der Waals surface area contributed by atoms with E-state index in [9.17, 15) is 19.8 Å².